The van der Waals surface area contributed by atoms with Gasteiger partial charge in [0.25, 0.3) is 0 Å². The van der Waals surface area contributed by atoms with E-state index in [1.807, 2.05) is 13.0 Å². The Morgan fingerprint density at radius 1 is 1.64 bits per heavy atom. The molecule has 0 saturated carbocycles. The number of rotatable bonds is 3. The normalized spacial score (nSPS) is 13.5. The number of aliphatic hydroxyl groups excluding tert-OH is 1. The molecule has 0 fully saturated rings. The van der Waals surface area contributed by atoms with Gasteiger partial charge in [0.05, 0.1) is 6.61 Å². The van der Waals surface area contributed by atoms with Gasteiger partial charge in [-0.05, 0) is 25.5 Å². The van der Waals surface area contributed by atoms with Crippen LogP contribution in [0.25, 0.3) is 0 Å². The molecule has 0 aliphatic heterocycles. The fourth-order valence-electron chi connectivity index (χ4n) is 0.522. The Bertz CT molecular complexity index is 206. The summed E-state index contributed by atoms with van der Waals surface area (Å²) in [7, 11) is 0. The molecule has 62 valence electrons. The quantitative estimate of drug-likeness (QED) is 0.553. The van der Waals surface area contributed by atoms with Gasteiger partial charge in [-0.25, -0.2) is 0 Å². The van der Waals surface area contributed by atoms with E-state index in [4.69, 9.17) is 10.5 Å². The molecular formula is C8H12BrNO. The monoisotopic (exact) mass is 217 g/mol. The molecule has 3 heteroatoms. The molecule has 0 aromatic heterocycles. The van der Waals surface area contributed by atoms with E-state index < -0.39 is 0 Å². The molecule has 0 rings (SSSR count). The van der Waals surface area contributed by atoms with Crippen LogP contribution < -0.4 is 0 Å². The zero-order valence-electron chi connectivity index (χ0n) is 6.69. The van der Waals surface area contributed by atoms with Crippen molar-refractivity contribution in [2.24, 2.45) is 0 Å². The third-order valence-electron chi connectivity index (χ3n) is 1.24. The van der Waals surface area contributed by atoms with Crippen LogP contribution in [0.15, 0.2) is 22.2 Å². The number of hydrogen-bond donors (Lipinski definition) is 2. The van der Waals surface area contributed by atoms with Gasteiger partial charge in [0.15, 0.2) is 0 Å². The van der Waals surface area contributed by atoms with Gasteiger partial charge in [0, 0.05) is 10.2 Å². The van der Waals surface area contributed by atoms with E-state index in [9.17, 15) is 0 Å². The Kier molecular flexibility index (Phi) is 5.07. The largest absolute Gasteiger partial charge is 0.392 e. The van der Waals surface area contributed by atoms with E-state index in [2.05, 4.69) is 15.9 Å². The molecule has 0 unspecified atom stereocenters. The Balaban J connectivity index is 4.49. The summed E-state index contributed by atoms with van der Waals surface area (Å²) in [5, 5.41) is 16.0. The summed E-state index contributed by atoms with van der Waals surface area (Å²) in [6.45, 7) is 3.45. The van der Waals surface area contributed by atoms with Gasteiger partial charge in [-0.3, -0.25) is 0 Å². The molecule has 0 heterocycles. The fourth-order valence-corrected chi connectivity index (χ4v) is 0.799. The molecule has 0 amide bonds. The highest BCUT2D eigenvalue weighted by atomic mass is 79.9. The first-order valence-corrected chi connectivity index (χ1v) is 4.10. The van der Waals surface area contributed by atoms with Gasteiger partial charge in [-0.2, -0.15) is 0 Å². The molecule has 0 saturated heterocycles. The highest BCUT2D eigenvalue weighted by Gasteiger charge is 1.97. The van der Waals surface area contributed by atoms with Crippen molar-refractivity contribution in [3.63, 3.8) is 0 Å². The summed E-state index contributed by atoms with van der Waals surface area (Å²) in [6.07, 6.45) is 3.60. The smallest absolute Gasteiger partial charge is 0.0699 e. The van der Waals surface area contributed by atoms with Gasteiger partial charge >= 0.3 is 0 Å². The molecule has 0 radical (unpaired) electrons. The number of aliphatic hydroxyl groups is 1. The zero-order valence-corrected chi connectivity index (χ0v) is 8.27. The van der Waals surface area contributed by atoms with Crippen LogP contribution >= 0.6 is 15.9 Å². The van der Waals surface area contributed by atoms with E-state index >= 15 is 0 Å². The van der Waals surface area contributed by atoms with Crippen LogP contribution in [0.2, 0.25) is 0 Å². The molecular weight excluding hydrogens is 206 g/mol. The Hall–Kier alpha value is -0.410. The molecule has 2 nitrogen and oxygen atoms in total. The van der Waals surface area contributed by atoms with Crippen molar-refractivity contribution in [3.8, 4) is 0 Å². The van der Waals surface area contributed by atoms with Crippen LogP contribution in [0.4, 0.5) is 0 Å². The topological polar surface area (TPSA) is 44.1 Å². The number of allylic oxidation sites excluding steroid dienone is 3. The van der Waals surface area contributed by atoms with Crippen molar-refractivity contribution in [3.05, 3.63) is 22.2 Å². The first kappa shape index (κ1) is 10.6. The van der Waals surface area contributed by atoms with E-state index in [1.54, 1.807) is 13.0 Å². The summed E-state index contributed by atoms with van der Waals surface area (Å²) in [6, 6.07) is 0. The maximum atomic E-state index is 8.78. The van der Waals surface area contributed by atoms with Crippen LogP contribution in [0.3, 0.4) is 0 Å². The molecule has 0 aliphatic carbocycles. The molecule has 0 aromatic rings. The van der Waals surface area contributed by atoms with Gasteiger partial charge in [-0.1, -0.05) is 22.0 Å². The van der Waals surface area contributed by atoms with Gasteiger partial charge in [0.1, 0.15) is 0 Å². The SMILES string of the molecule is C/C=C(Br)\C=C(\CO)C(C)=N. The molecule has 0 bridgehead atoms. The number of nitrogens with one attached hydrogen (secondary N) is 1. The molecule has 2 N–H and O–H groups in total. The highest BCUT2D eigenvalue weighted by molar-refractivity contribution is 9.11. The average Bonchev–Trinajstić information content (AvgIpc) is 1.99. The Morgan fingerprint density at radius 2 is 2.18 bits per heavy atom. The second kappa shape index (κ2) is 5.27. The minimum absolute atomic E-state index is 0.0850. The Labute approximate surface area is 75.3 Å². The van der Waals surface area contributed by atoms with E-state index in [1.165, 1.54) is 0 Å². The lowest BCUT2D eigenvalue weighted by molar-refractivity contribution is 0.337. The second-order valence-electron chi connectivity index (χ2n) is 2.13. The predicted octanol–water partition coefficient (Wildman–Crippen LogP) is 2.24. The maximum absolute atomic E-state index is 8.78. The van der Waals surface area contributed by atoms with Gasteiger partial charge < -0.3 is 10.5 Å². The summed E-state index contributed by atoms with van der Waals surface area (Å²) in [4.78, 5) is 0. The van der Waals surface area contributed by atoms with Gasteiger partial charge in [-0.15, -0.1) is 0 Å². The fraction of sp³-hybridized carbons (Fsp3) is 0.375. The van der Waals surface area contributed by atoms with Crippen LogP contribution in [0.1, 0.15) is 13.8 Å². The van der Waals surface area contributed by atoms with Crippen molar-refractivity contribution in [2.45, 2.75) is 13.8 Å². The molecule has 0 aliphatic rings. The average molecular weight is 218 g/mol. The van der Waals surface area contributed by atoms with E-state index in [-0.39, 0.29) is 6.61 Å². The first-order chi connectivity index (χ1) is 5.11. The highest BCUT2D eigenvalue weighted by Crippen LogP contribution is 2.09. The number of halogens is 1. The lowest BCUT2D eigenvalue weighted by Gasteiger charge is -1.99. The summed E-state index contributed by atoms with van der Waals surface area (Å²) in [5.74, 6) is 0. The molecule has 0 aromatic carbocycles. The van der Waals surface area contributed by atoms with Crippen LogP contribution in [0, 0.1) is 5.41 Å². The van der Waals surface area contributed by atoms with Crippen LogP contribution in [-0.4, -0.2) is 17.4 Å². The molecule has 11 heavy (non-hydrogen) atoms. The van der Waals surface area contributed by atoms with Gasteiger partial charge in [0.2, 0.25) is 0 Å². The Morgan fingerprint density at radius 3 is 2.45 bits per heavy atom. The molecule has 0 spiro atoms. The summed E-state index contributed by atoms with van der Waals surface area (Å²) >= 11 is 3.26. The predicted molar refractivity (Wildman–Crippen MR) is 51.3 cm³/mol. The third-order valence-corrected chi connectivity index (χ3v) is 1.93. The van der Waals surface area contributed by atoms with Crippen molar-refractivity contribution in [1.29, 1.82) is 5.41 Å². The zero-order chi connectivity index (χ0) is 8.85. The van der Waals surface area contributed by atoms with Crippen LogP contribution in [0.5, 0.6) is 0 Å². The van der Waals surface area contributed by atoms with Crippen molar-refractivity contribution in [2.75, 3.05) is 6.61 Å². The standard InChI is InChI=1S/C8H12BrNO/c1-3-8(9)4-7(5-11)6(2)10/h3-4,10-11H,5H2,1-2H3/b7-4-,8-3+,10-6?. The van der Waals surface area contributed by atoms with E-state index in [0.29, 0.717) is 11.3 Å². The van der Waals surface area contributed by atoms with Crippen molar-refractivity contribution < 1.29 is 5.11 Å². The van der Waals surface area contributed by atoms with Crippen LogP contribution in [-0.2, 0) is 0 Å². The number of hydrogen-bond acceptors (Lipinski definition) is 2. The first-order valence-electron chi connectivity index (χ1n) is 3.30. The minimum atomic E-state index is -0.0850. The third kappa shape index (κ3) is 4.11. The lowest BCUT2D eigenvalue weighted by Crippen LogP contribution is -2.00. The summed E-state index contributed by atoms with van der Waals surface area (Å²) in [5.41, 5.74) is 1.03. The maximum Gasteiger partial charge on any atom is 0.0699 e. The van der Waals surface area contributed by atoms with Crippen molar-refractivity contribution in [1.82, 2.24) is 0 Å². The van der Waals surface area contributed by atoms with Crippen molar-refractivity contribution >= 4 is 21.6 Å². The van der Waals surface area contributed by atoms with E-state index in [0.717, 1.165) is 4.48 Å². The minimum Gasteiger partial charge on any atom is -0.392 e. The molecule has 0 atom stereocenters. The lowest BCUT2D eigenvalue weighted by atomic mass is 10.2. The second-order valence-corrected chi connectivity index (χ2v) is 3.04. The summed E-state index contributed by atoms with van der Waals surface area (Å²) < 4.78 is 0.883.